The molecule has 0 radical (unpaired) electrons. The van der Waals surface area contributed by atoms with E-state index < -0.39 is 0 Å². The predicted molar refractivity (Wildman–Crippen MR) is 101 cm³/mol. The Morgan fingerprint density at radius 1 is 0.920 bits per heavy atom. The number of nitrogens with two attached hydrogens (primary N) is 1. The van der Waals surface area contributed by atoms with E-state index in [9.17, 15) is 9.59 Å². The zero-order chi connectivity index (χ0) is 17.0. The molecule has 0 aromatic carbocycles. The first kappa shape index (κ1) is 20.3. The van der Waals surface area contributed by atoms with Crippen LogP contribution in [0.15, 0.2) is 0 Å². The van der Waals surface area contributed by atoms with Crippen LogP contribution in [0.1, 0.15) is 57.8 Å². The molecule has 0 atom stereocenters. The van der Waals surface area contributed by atoms with Gasteiger partial charge in [-0.15, -0.1) is 12.4 Å². The lowest BCUT2D eigenvalue weighted by atomic mass is 9.53. The van der Waals surface area contributed by atoms with Gasteiger partial charge in [0.2, 0.25) is 5.91 Å². The van der Waals surface area contributed by atoms with Gasteiger partial charge in [0.25, 0.3) is 0 Å². The molecule has 5 N–H and O–H groups in total. The molecule has 7 heteroatoms. The highest BCUT2D eigenvalue weighted by Gasteiger charge is 2.51. The quantitative estimate of drug-likeness (QED) is 0.490. The van der Waals surface area contributed by atoms with Crippen molar-refractivity contribution in [1.29, 1.82) is 0 Å². The Kier molecular flexibility index (Phi) is 7.37. The number of rotatable bonds is 8. The molecule has 144 valence electrons. The van der Waals surface area contributed by atoms with Crippen LogP contribution in [-0.2, 0) is 4.79 Å². The second-order valence-corrected chi connectivity index (χ2v) is 8.17. The van der Waals surface area contributed by atoms with Crippen LogP contribution in [0, 0.1) is 17.8 Å². The third-order valence-electron chi connectivity index (χ3n) is 6.01. The van der Waals surface area contributed by atoms with Gasteiger partial charge in [0.05, 0.1) is 0 Å². The van der Waals surface area contributed by atoms with Crippen LogP contribution in [-0.4, -0.2) is 37.1 Å². The number of carbonyl (C=O) groups excluding carboxylic acids is 2. The van der Waals surface area contributed by atoms with Gasteiger partial charge < -0.3 is 21.7 Å². The molecule has 0 aliphatic heterocycles. The van der Waals surface area contributed by atoms with E-state index in [-0.39, 0.29) is 29.9 Å². The summed E-state index contributed by atoms with van der Waals surface area (Å²) in [5.74, 6) is 2.43. The number of amides is 3. The molecule has 3 amide bonds. The zero-order valence-corrected chi connectivity index (χ0v) is 15.8. The summed E-state index contributed by atoms with van der Waals surface area (Å²) in [7, 11) is 0. The summed E-state index contributed by atoms with van der Waals surface area (Å²) in [5.41, 5.74) is 5.45. The summed E-state index contributed by atoms with van der Waals surface area (Å²) in [5, 5.41) is 8.97. The van der Waals surface area contributed by atoms with E-state index in [0.29, 0.717) is 26.1 Å². The van der Waals surface area contributed by atoms with Gasteiger partial charge >= 0.3 is 6.03 Å². The van der Waals surface area contributed by atoms with Crippen molar-refractivity contribution in [2.45, 2.75) is 63.3 Å². The minimum absolute atomic E-state index is 0. The average Bonchev–Trinajstić information content (AvgIpc) is 2.49. The molecule has 0 saturated heterocycles. The van der Waals surface area contributed by atoms with E-state index in [4.69, 9.17) is 5.73 Å². The molecule has 4 bridgehead atoms. The first-order valence-electron chi connectivity index (χ1n) is 9.61. The predicted octanol–water partition coefficient (Wildman–Crippen LogP) is 1.92. The molecule has 0 heterocycles. The Bertz CT molecular complexity index is 437. The highest BCUT2D eigenvalue weighted by atomic mass is 35.5. The Balaban J connectivity index is 0.00000225. The van der Waals surface area contributed by atoms with E-state index in [0.717, 1.165) is 49.9 Å². The first-order chi connectivity index (χ1) is 11.6. The fourth-order valence-corrected chi connectivity index (χ4v) is 5.42. The fourth-order valence-electron chi connectivity index (χ4n) is 5.42. The zero-order valence-electron chi connectivity index (χ0n) is 15.0. The average molecular weight is 373 g/mol. The van der Waals surface area contributed by atoms with E-state index in [1.165, 1.54) is 19.3 Å². The van der Waals surface area contributed by atoms with E-state index in [2.05, 4.69) is 16.0 Å². The molecule has 6 nitrogen and oxygen atoms in total. The normalized spacial score (nSPS) is 32.0. The van der Waals surface area contributed by atoms with Crippen LogP contribution in [0.2, 0.25) is 0 Å². The van der Waals surface area contributed by atoms with E-state index in [1.54, 1.807) is 0 Å². The number of hydrogen-bond acceptors (Lipinski definition) is 3. The molecule has 0 aromatic rings. The highest BCUT2D eigenvalue weighted by molar-refractivity contribution is 5.85. The van der Waals surface area contributed by atoms with Crippen molar-refractivity contribution in [3.63, 3.8) is 0 Å². The Morgan fingerprint density at radius 3 is 2.08 bits per heavy atom. The van der Waals surface area contributed by atoms with Crippen LogP contribution in [0.3, 0.4) is 0 Å². The van der Waals surface area contributed by atoms with Crippen molar-refractivity contribution in [2.75, 3.05) is 19.6 Å². The maximum absolute atomic E-state index is 12.2. The fraction of sp³-hybridized carbons (Fsp3) is 0.889. The van der Waals surface area contributed by atoms with E-state index in [1.807, 2.05) is 0 Å². The highest BCUT2D eigenvalue weighted by Crippen LogP contribution is 2.55. The SMILES string of the molecule is Cl.NCCCCNC(=O)CCNC(=O)NC12CC3CC(CC(C3)C1)C2. The topological polar surface area (TPSA) is 96.2 Å². The smallest absolute Gasteiger partial charge is 0.315 e. The summed E-state index contributed by atoms with van der Waals surface area (Å²) in [6.07, 6.45) is 9.70. The lowest BCUT2D eigenvalue weighted by Gasteiger charge is -2.56. The number of hydrogen-bond donors (Lipinski definition) is 4. The molecule has 0 spiro atoms. The van der Waals surface area contributed by atoms with Crippen molar-refractivity contribution in [1.82, 2.24) is 16.0 Å². The maximum atomic E-state index is 12.2. The van der Waals surface area contributed by atoms with Crippen molar-refractivity contribution in [2.24, 2.45) is 23.5 Å². The van der Waals surface area contributed by atoms with Crippen LogP contribution in [0.4, 0.5) is 4.79 Å². The maximum Gasteiger partial charge on any atom is 0.315 e. The third kappa shape index (κ3) is 5.48. The molecule has 4 rings (SSSR count). The Morgan fingerprint density at radius 2 is 1.52 bits per heavy atom. The first-order valence-corrected chi connectivity index (χ1v) is 9.61. The molecule has 4 fully saturated rings. The van der Waals surface area contributed by atoms with Gasteiger partial charge in [0.1, 0.15) is 0 Å². The molecular formula is C18H33ClN4O2. The van der Waals surface area contributed by atoms with Gasteiger partial charge in [-0.3, -0.25) is 4.79 Å². The van der Waals surface area contributed by atoms with Crippen LogP contribution in [0.25, 0.3) is 0 Å². The number of unbranched alkanes of at least 4 members (excludes halogenated alkanes) is 1. The summed E-state index contributed by atoms with van der Waals surface area (Å²) in [6, 6.07) is -0.104. The molecule has 4 aliphatic rings. The summed E-state index contributed by atoms with van der Waals surface area (Å²) >= 11 is 0. The van der Waals surface area contributed by atoms with Crippen molar-refractivity contribution in [3.8, 4) is 0 Å². The van der Waals surface area contributed by atoms with Gasteiger partial charge in [-0.05, 0) is 75.7 Å². The van der Waals surface area contributed by atoms with Gasteiger partial charge in [-0.1, -0.05) is 0 Å². The second-order valence-electron chi connectivity index (χ2n) is 8.17. The Labute approximate surface area is 156 Å². The van der Waals surface area contributed by atoms with Crippen molar-refractivity contribution in [3.05, 3.63) is 0 Å². The molecule has 4 saturated carbocycles. The van der Waals surface area contributed by atoms with Crippen LogP contribution < -0.4 is 21.7 Å². The van der Waals surface area contributed by atoms with Gasteiger partial charge in [0, 0.05) is 25.0 Å². The monoisotopic (exact) mass is 372 g/mol. The minimum Gasteiger partial charge on any atom is -0.356 e. The number of halogens is 1. The second kappa shape index (κ2) is 9.08. The molecular weight excluding hydrogens is 340 g/mol. The number of carbonyl (C=O) groups is 2. The van der Waals surface area contributed by atoms with Gasteiger partial charge in [0.15, 0.2) is 0 Å². The lowest BCUT2D eigenvalue weighted by Crippen LogP contribution is -2.61. The van der Waals surface area contributed by atoms with Crippen molar-refractivity contribution >= 4 is 24.3 Å². The molecule has 25 heavy (non-hydrogen) atoms. The van der Waals surface area contributed by atoms with Gasteiger partial charge in [-0.2, -0.15) is 0 Å². The summed E-state index contributed by atoms with van der Waals surface area (Å²) < 4.78 is 0. The number of urea groups is 1. The van der Waals surface area contributed by atoms with E-state index >= 15 is 0 Å². The molecule has 0 unspecified atom stereocenters. The lowest BCUT2D eigenvalue weighted by molar-refractivity contribution is -0.120. The number of nitrogens with one attached hydrogen (secondary N) is 3. The minimum atomic E-state index is -0.104. The van der Waals surface area contributed by atoms with Crippen LogP contribution >= 0.6 is 12.4 Å². The van der Waals surface area contributed by atoms with Gasteiger partial charge in [-0.25, -0.2) is 4.79 Å². The van der Waals surface area contributed by atoms with Crippen molar-refractivity contribution < 1.29 is 9.59 Å². The molecule has 4 aliphatic carbocycles. The standard InChI is InChI=1S/C18H32N4O2.ClH/c19-4-1-2-5-20-16(23)3-6-21-17(24)22-18-10-13-7-14(11-18)9-15(8-13)12-18;/h13-15H,1-12,19H2,(H,20,23)(H2,21,22,24);1H. The Hall–Kier alpha value is -1.01. The van der Waals surface area contributed by atoms with Crippen LogP contribution in [0.5, 0.6) is 0 Å². The third-order valence-corrected chi connectivity index (χ3v) is 6.01. The summed E-state index contributed by atoms with van der Waals surface area (Å²) in [6.45, 7) is 1.71. The largest absolute Gasteiger partial charge is 0.356 e. The molecule has 0 aromatic heterocycles. The summed E-state index contributed by atoms with van der Waals surface area (Å²) in [4.78, 5) is 23.9.